The molecule has 0 N–H and O–H groups in total. The van der Waals surface area contributed by atoms with Crippen LogP contribution in [0.5, 0.6) is 0 Å². The lowest BCUT2D eigenvalue weighted by molar-refractivity contribution is -0.162. The largest absolute Gasteiger partial charge is 0.462 e. The van der Waals surface area contributed by atoms with E-state index in [-0.39, 0.29) is 30.6 Å². The molecule has 0 saturated heterocycles. The maximum Gasteiger partial charge on any atom is 0.309 e. The molecule has 37 heavy (non-hydrogen) atoms. The summed E-state index contributed by atoms with van der Waals surface area (Å²) in [5.74, 6) is -0.283. The lowest BCUT2D eigenvalue weighted by Gasteiger charge is -2.21. The van der Waals surface area contributed by atoms with E-state index in [1.807, 2.05) is 14.1 Å². The van der Waals surface area contributed by atoms with E-state index in [4.69, 9.17) is 9.47 Å². The van der Waals surface area contributed by atoms with Crippen molar-refractivity contribution in [3.05, 3.63) is 0 Å². The molecule has 0 aromatic rings. The molecule has 0 aliphatic heterocycles. The summed E-state index contributed by atoms with van der Waals surface area (Å²) in [5.41, 5.74) is 0. The van der Waals surface area contributed by atoms with Crippen molar-refractivity contribution in [1.29, 1.82) is 0 Å². The number of carbonyl (C=O) groups excluding carboxylic acids is 2. The molecule has 0 bridgehead atoms. The van der Waals surface area contributed by atoms with Crippen LogP contribution in [-0.2, 0) is 19.1 Å². The third kappa shape index (κ3) is 23.7. The Hall–Kier alpha value is -1.10. The quantitative estimate of drug-likeness (QED) is 0.0791. The second-order valence-corrected chi connectivity index (χ2v) is 11.3. The zero-order chi connectivity index (χ0) is 27.6. The van der Waals surface area contributed by atoms with Crippen LogP contribution in [0.4, 0.5) is 0 Å². The average molecular weight is 526 g/mol. The molecular weight excluding hydrogens is 462 g/mol. The molecule has 0 fully saturated rings. The first-order chi connectivity index (χ1) is 17.9. The molecule has 0 aromatic carbocycles. The summed E-state index contributed by atoms with van der Waals surface area (Å²) in [6, 6.07) is 0. The van der Waals surface area contributed by atoms with Gasteiger partial charge in [-0.05, 0) is 52.7 Å². The van der Waals surface area contributed by atoms with Crippen LogP contribution >= 0.6 is 0 Å². The van der Waals surface area contributed by atoms with Crippen LogP contribution in [0.3, 0.4) is 0 Å². The van der Waals surface area contributed by atoms with Gasteiger partial charge in [-0.15, -0.1) is 0 Å². The first-order valence-corrected chi connectivity index (χ1v) is 15.9. The third-order valence-electron chi connectivity index (χ3n) is 7.22. The zero-order valence-corrected chi connectivity index (χ0v) is 25.5. The van der Waals surface area contributed by atoms with Gasteiger partial charge in [0.15, 0.2) is 0 Å². The highest BCUT2D eigenvalue weighted by molar-refractivity contribution is 5.72. The highest BCUT2D eigenvalue weighted by Gasteiger charge is 2.22. The second-order valence-electron chi connectivity index (χ2n) is 11.3. The normalized spacial score (nSPS) is 13.0. The molecule has 0 saturated carbocycles. The van der Waals surface area contributed by atoms with E-state index >= 15 is 0 Å². The fourth-order valence-corrected chi connectivity index (χ4v) is 4.76. The first-order valence-electron chi connectivity index (χ1n) is 15.9. The van der Waals surface area contributed by atoms with E-state index in [2.05, 4.69) is 25.7 Å². The third-order valence-corrected chi connectivity index (χ3v) is 7.22. The predicted molar refractivity (Wildman–Crippen MR) is 157 cm³/mol. The lowest BCUT2D eigenvalue weighted by atomic mass is 9.95. The molecule has 0 spiro atoms. The molecule has 0 amide bonds. The summed E-state index contributed by atoms with van der Waals surface area (Å²) >= 11 is 0. The van der Waals surface area contributed by atoms with Crippen LogP contribution in [0.2, 0.25) is 0 Å². The summed E-state index contributed by atoms with van der Waals surface area (Å²) < 4.78 is 11.6. The predicted octanol–water partition coefficient (Wildman–Crippen LogP) is 8.87. The summed E-state index contributed by atoms with van der Waals surface area (Å²) in [4.78, 5) is 27.5. The van der Waals surface area contributed by atoms with E-state index in [0.29, 0.717) is 6.42 Å². The van der Waals surface area contributed by atoms with Gasteiger partial charge in [0, 0.05) is 6.42 Å². The molecule has 220 valence electrons. The number of hydrogen-bond acceptors (Lipinski definition) is 5. The van der Waals surface area contributed by atoms with Gasteiger partial charge in [-0.2, -0.15) is 0 Å². The minimum Gasteiger partial charge on any atom is -0.462 e. The number of carbonyl (C=O) groups is 2. The van der Waals surface area contributed by atoms with Gasteiger partial charge in [0.1, 0.15) is 12.7 Å². The Morgan fingerprint density at radius 2 is 1.11 bits per heavy atom. The number of esters is 2. The van der Waals surface area contributed by atoms with Gasteiger partial charge in [0.25, 0.3) is 0 Å². The molecule has 0 aliphatic rings. The van der Waals surface area contributed by atoms with Crippen molar-refractivity contribution < 1.29 is 19.1 Å². The van der Waals surface area contributed by atoms with Gasteiger partial charge in [0.2, 0.25) is 0 Å². The van der Waals surface area contributed by atoms with Gasteiger partial charge in [-0.3, -0.25) is 9.59 Å². The Morgan fingerprint density at radius 1 is 0.622 bits per heavy atom. The zero-order valence-electron chi connectivity index (χ0n) is 25.5. The molecular formula is C32H63NO4. The van der Waals surface area contributed by atoms with E-state index in [1.54, 1.807) is 0 Å². The molecule has 2 unspecified atom stereocenters. The Morgan fingerprint density at radius 3 is 1.65 bits per heavy atom. The SMILES string of the molecule is CCCCCCCCCCC(CCCC)C(=O)OCC(CCCCCCCC)OC(=O)CCCN(C)C. The van der Waals surface area contributed by atoms with Gasteiger partial charge in [-0.25, -0.2) is 0 Å². The smallest absolute Gasteiger partial charge is 0.309 e. The molecule has 0 aromatic heterocycles. The van der Waals surface area contributed by atoms with E-state index in [0.717, 1.165) is 64.3 Å². The number of ether oxygens (including phenoxy) is 2. The monoisotopic (exact) mass is 525 g/mol. The van der Waals surface area contributed by atoms with Crippen molar-refractivity contribution in [2.24, 2.45) is 5.92 Å². The number of nitrogens with zero attached hydrogens (tertiary/aromatic N) is 1. The van der Waals surface area contributed by atoms with Crippen LogP contribution in [0.1, 0.15) is 156 Å². The van der Waals surface area contributed by atoms with E-state index < -0.39 is 0 Å². The Labute approximate surface area is 230 Å². The highest BCUT2D eigenvalue weighted by Crippen LogP contribution is 2.21. The molecule has 5 nitrogen and oxygen atoms in total. The summed E-state index contributed by atoms with van der Waals surface area (Å²) in [6.07, 6.45) is 22.9. The Bertz CT molecular complexity index is 523. The minimum atomic E-state index is -0.322. The molecule has 0 heterocycles. The standard InChI is InChI=1S/C32H63NO4/c1-6-9-12-14-16-17-18-20-24-29(23-11-8-3)32(35)36-28-30(25-21-19-15-13-10-7-2)37-31(34)26-22-27-33(4)5/h29-30H,6-28H2,1-5H3. The molecule has 0 rings (SSSR count). The topological polar surface area (TPSA) is 55.8 Å². The molecule has 0 radical (unpaired) electrons. The maximum absolute atomic E-state index is 13.0. The lowest BCUT2D eigenvalue weighted by Crippen LogP contribution is -2.28. The average Bonchev–Trinajstić information content (AvgIpc) is 2.87. The first kappa shape index (κ1) is 35.9. The molecule has 2 atom stereocenters. The second kappa shape index (κ2) is 26.5. The summed E-state index contributed by atoms with van der Waals surface area (Å²) in [7, 11) is 4.02. The van der Waals surface area contributed by atoms with Crippen molar-refractivity contribution in [3.8, 4) is 0 Å². The molecule has 0 aliphatic carbocycles. The fraction of sp³-hybridized carbons (Fsp3) is 0.938. The van der Waals surface area contributed by atoms with Crippen molar-refractivity contribution in [3.63, 3.8) is 0 Å². The van der Waals surface area contributed by atoms with Crippen molar-refractivity contribution in [1.82, 2.24) is 4.90 Å². The summed E-state index contributed by atoms with van der Waals surface area (Å²) in [6.45, 7) is 7.72. The molecule has 5 heteroatoms. The van der Waals surface area contributed by atoms with Crippen LogP contribution in [0, 0.1) is 5.92 Å². The summed E-state index contributed by atoms with van der Waals surface area (Å²) in [5, 5.41) is 0. The number of rotatable bonds is 27. The van der Waals surface area contributed by atoms with Gasteiger partial charge < -0.3 is 14.4 Å². The van der Waals surface area contributed by atoms with Crippen LogP contribution in [0.15, 0.2) is 0 Å². The highest BCUT2D eigenvalue weighted by atomic mass is 16.6. The van der Waals surface area contributed by atoms with Crippen molar-refractivity contribution in [2.75, 3.05) is 27.2 Å². The van der Waals surface area contributed by atoms with Gasteiger partial charge in [-0.1, -0.05) is 117 Å². The van der Waals surface area contributed by atoms with Crippen LogP contribution in [0.25, 0.3) is 0 Å². The van der Waals surface area contributed by atoms with Crippen molar-refractivity contribution in [2.45, 2.75) is 162 Å². The van der Waals surface area contributed by atoms with Crippen LogP contribution in [-0.4, -0.2) is 50.2 Å². The van der Waals surface area contributed by atoms with Gasteiger partial charge in [0.05, 0.1) is 5.92 Å². The Balaban J connectivity index is 4.62. The fourth-order valence-electron chi connectivity index (χ4n) is 4.76. The number of hydrogen-bond donors (Lipinski definition) is 0. The maximum atomic E-state index is 13.0. The van der Waals surface area contributed by atoms with Crippen molar-refractivity contribution >= 4 is 11.9 Å². The van der Waals surface area contributed by atoms with Gasteiger partial charge >= 0.3 is 11.9 Å². The van der Waals surface area contributed by atoms with E-state index in [9.17, 15) is 9.59 Å². The van der Waals surface area contributed by atoms with Crippen LogP contribution < -0.4 is 0 Å². The Kier molecular flexibility index (Phi) is 25.7. The number of unbranched alkanes of at least 4 members (excludes halogenated alkanes) is 13. The van der Waals surface area contributed by atoms with E-state index in [1.165, 1.54) is 70.6 Å². The minimum absolute atomic E-state index is 0.0227.